The average Bonchev–Trinajstić information content (AvgIpc) is 3.03. The van der Waals surface area contributed by atoms with Crippen LogP contribution in [0.3, 0.4) is 0 Å². The molecule has 0 atom stereocenters. The number of benzene rings is 1. The Balaban J connectivity index is 1.75. The largest absolute Gasteiger partial charge is 0.321 e. The molecule has 2 heterocycles. The van der Waals surface area contributed by atoms with Crippen LogP contribution < -0.4 is 5.32 Å². The molecule has 6 nitrogen and oxygen atoms in total. The maximum Gasteiger partial charge on any atom is 0.246 e. The van der Waals surface area contributed by atoms with Gasteiger partial charge >= 0.3 is 0 Å². The molecule has 2 aromatic heterocycles. The van der Waals surface area contributed by atoms with Gasteiger partial charge in [-0.2, -0.15) is 10.2 Å². The zero-order valence-electron chi connectivity index (χ0n) is 15.4. The van der Waals surface area contributed by atoms with Gasteiger partial charge in [0.1, 0.15) is 6.54 Å². The molecule has 3 aromatic rings. The van der Waals surface area contributed by atoms with Gasteiger partial charge in [0.25, 0.3) is 0 Å². The number of anilines is 1. The fraction of sp³-hybridized carbons (Fsp3) is 0.316. The molecule has 1 amide bonds. The topological polar surface area (TPSA) is 64.7 Å². The highest BCUT2D eigenvalue weighted by molar-refractivity contribution is 6.31. The van der Waals surface area contributed by atoms with Crippen LogP contribution in [0.4, 0.5) is 5.69 Å². The minimum Gasteiger partial charge on any atom is -0.321 e. The van der Waals surface area contributed by atoms with Gasteiger partial charge in [-0.05, 0) is 33.3 Å². The van der Waals surface area contributed by atoms with Crippen molar-refractivity contribution in [3.63, 3.8) is 0 Å². The molecule has 0 aliphatic rings. The summed E-state index contributed by atoms with van der Waals surface area (Å²) in [4.78, 5) is 12.4. The zero-order valence-corrected chi connectivity index (χ0v) is 16.1. The predicted octanol–water partition coefficient (Wildman–Crippen LogP) is 3.65. The van der Waals surface area contributed by atoms with E-state index in [1.54, 1.807) is 10.9 Å². The van der Waals surface area contributed by atoms with Crippen LogP contribution in [0, 0.1) is 27.7 Å². The number of halogens is 1. The van der Waals surface area contributed by atoms with Crippen LogP contribution in [0.2, 0.25) is 5.02 Å². The number of hydrogen-bond acceptors (Lipinski definition) is 3. The fourth-order valence-electron chi connectivity index (χ4n) is 2.91. The van der Waals surface area contributed by atoms with Crippen molar-refractivity contribution in [2.75, 3.05) is 5.32 Å². The van der Waals surface area contributed by atoms with E-state index in [1.807, 2.05) is 31.5 Å². The van der Waals surface area contributed by atoms with E-state index in [2.05, 4.69) is 40.6 Å². The van der Waals surface area contributed by atoms with Gasteiger partial charge in [0.05, 0.1) is 40.5 Å². The molecule has 0 fully saturated rings. The molecule has 0 unspecified atom stereocenters. The van der Waals surface area contributed by atoms with Crippen LogP contribution in [0.1, 0.15) is 28.2 Å². The summed E-state index contributed by atoms with van der Waals surface area (Å²) in [5.74, 6) is -0.158. The molecule has 0 spiro atoms. The third-order valence-corrected chi connectivity index (χ3v) is 4.77. The second kappa shape index (κ2) is 7.33. The van der Waals surface area contributed by atoms with Crippen LogP contribution in [0.5, 0.6) is 0 Å². The molecular weight excluding hydrogens is 350 g/mol. The number of aryl methyl sites for hydroxylation is 2. The quantitative estimate of drug-likeness (QED) is 0.744. The summed E-state index contributed by atoms with van der Waals surface area (Å²) in [6, 6.07) is 8.32. The van der Waals surface area contributed by atoms with Gasteiger partial charge in [-0.25, -0.2) is 0 Å². The smallest absolute Gasteiger partial charge is 0.246 e. The predicted molar refractivity (Wildman–Crippen MR) is 103 cm³/mol. The van der Waals surface area contributed by atoms with E-state index in [-0.39, 0.29) is 12.5 Å². The monoisotopic (exact) mass is 371 g/mol. The Morgan fingerprint density at radius 2 is 1.92 bits per heavy atom. The minimum atomic E-state index is -0.158. The van der Waals surface area contributed by atoms with Crippen molar-refractivity contribution in [2.24, 2.45) is 0 Å². The van der Waals surface area contributed by atoms with E-state index in [0.29, 0.717) is 11.6 Å². The maximum atomic E-state index is 12.4. The van der Waals surface area contributed by atoms with Crippen LogP contribution in [-0.2, 0) is 17.9 Å². The Morgan fingerprint density at radius 1 is 1.15 bits per heavy atom. The molecule has 0 radical (unpaired) electrons. The van der Waals surface area contributed by atoms with E-state index in [0.717, 1.165) is 22.8 Å². The summed E-state index contributed by atoms with van der Waals surface area (Å²) in [7, 11) is 0. The molecule has 26 heavy (non-hydrogen) atoms. The van der Waals surface area contributed by atoms with E-state index in [9.17, 15) is 4.79 Å². The van der Waals surface area contributed by atoms with Crippen molar-refractivity contribution in [3.05, 3.63) is 63.7 Å². The van der Waals surface area contributed by atoms with Gasteiger partial charge in [0, 0.05) is 0 Å². The van der Waals surface area contributed by atoms with E-state index >= 15 is 0 Å². The van der Waals surface area contributed by atoms with E-state index in [1.165, 1.54) is 11.1 Å². The van der Waals surface area contributed by atoms with E-state index in [4.69, 9.17) is 11.6 Å². The number of nitrogens with one attached hydrogen (secondary N) is 1. The lowest BCUT2D eigenvalue weighted by molar-refractivity contribution is -0.116. The first-order valence-corrected chi connectivity index (χ1v) is 8.80. The van der Waals surface area contributed by atoms with Gasteiger partial charge < -0.3 is 5.32 Å². The third kappa shape index (κ3) is 3.80. The van der Waals surface area contributed by atoms with Gasteiger partial charge in [-0.1, -0.05) is 41.4 Å². The Bertz CT molecular complexity index is 957. The average molecular weight is 372 g/mol. The SMILES string of the molecule is Cc1cccc(Cn2nc(C)c(NC(=O)Cn3ncc(Cl)c3C)c2C)c1. The van der Waals surface area contributed by atoms with Crippen molar-refractivity contribution >= 4 is 23.2 Å². The van der Waals surface area contributed by atoms with Gasteiger partial charge in [0.15, 0.2) is 0 Å². The van der Waals surface area contributed by atoms with Crippen molar-refractivity contribution < 1.29 is 4.79 Å². The highest BCUT2D eigenvalue weighted by Gasteiger charge is 2.16. The Morgan fingerprint density at radius 3 is 2.58 bits per heavy atom. The number of amides is 1. The normalized spacial score (nSPS) is 11.0. The minimum absolute atomic E-state index is 0.112. The van der Waals surface area contributed by atoms with E-state index < -0.39 is 0 Å². The van der Waals surface area contributed by atoms with Gasteiger partial charge in [0.2, 0.25) is 5.91 Å². The summed E-state index contributed by atoms with van der Waals surface area (Å²) >= 11 is 5.99. The second-order valence-electron chi connectivity index (χ2n) is 6.48. The molecule has 136 valence electrons. The lowest BCUT2D eigenvalue weighted by Gasteiger charge is -2.09. The summed E-state index contributed by atoms with van der Waals surface area (Å²) in [6.45, 7) is 8.53. The molecular formula is C19H22ClN5O. The highest BCUT2D eigenvalue weighted by atomic mass is 35.5. The lowest BCUT2D eigenvalue weighted by Crippen LogP contribution is -2.21. The summed E-state index contributed by atoms with van der Waals surface area (Å²) in [5, 5.41) is 12.2. The number of nitrogens with zero attached hydrogens (tertiary/aromatic N) is 4. The van der Waals surface area contributed by atoms with Crippen molar-refractivity contribution in [1.29, 1.82) is 0 Å². The summed E-state index contributed by atoms with van der Waals surface area (Å²) in [5.41, 5.74) is 5.62. The Labute approximate surface area is 157 Å². The van der Waals surface area contributed by atoms with Crippen molar-refractivity contribution in [3.8, 4) is 0 Å². The first kappa shape index (κ1) is 18.2. The standard InChI is InChI=1S/C19H22ClN5O/c1-12-6-5-7-16(8-12)10-25-15(4)19(13(2)23-25)22-18(26)11-24-14(3)17(20)9-21-24/h5-9H,10-11H2,1-4H3,(H,22,26). The first-order valence-electron chi connectivity index (χ1n) is 8.42. The maximum absolute atomic E-state index is 12.4. The molecule has 0 saturated carbocycles. The van der Waals surface area contributed by atoms with Crippen molar-refractivity contribution in [1.82, 2.24) is 19.6 Å². The molecule has 1 aromatic carbocycles. The van der Waals surface area contributed by atoms with Crippen LogP contribution in [0.25, 0.3) is 0 Å². The molecule has 7 heteroatoms. The zero-order chi connectivity index (χ0) is 18.8. The van der Waals surface area contributed by atoms with Crippen LogP contribution >= 0.6 is 11.6 Å². The lowest BCUT2D eigenvalue weighted by atomic mass is 10.1. The van der Waals surface area contributed by atoms with Crippen LogP contribution in [0.15, 0.2) is 30.5 Å². The third-order valence-electron chi connectivity index (χ3n) is 4.40. The summed E-state index contributed by atoms with van der Waals surface area (Å²) in [6.07, 6.45) is 1.54. The van der Waals surface area contributed by atoms with Crippen molar-refractivity contribution in [2.45, 2.75) is 40.8 Å². The fourth-order valence-corrected chi connectivity index (χ4v) is 3.05. The number of carbonyl (C=O) groups excluding carboxylic acids is 1. The van der Waals surface area contributed by atoms with Gasteiger partial charge in [-0.15, -0.1) is 0 Å². The number of aromatic nitrogens is 4. The van der Waals surface area contributed by atoms with Gasteiger partial charge in [-0.3, -0.25) is 14.2 Å². The highest BCUT2D eigenvalue weighted by Crippen LogP contribution is 2.21. The number of rotatable bonds is 5. The molecule has 0 aliphatic heterocycles. The molecule has 0 saturated heterocycles. The first-order chi connectivity index (χ1) is 12.3. The number of carbonyl (C=O) groups is 1. The molecule has 3 rings (SSSR count). The second-order valence-corrected chi connectivity index (χ2v) is 6.88. The Kier molecular flexibility index (Phi) is 5.13. The molecule has 0 bridgehead atoms. The molecule has 1 N–H and O–H groups in total. The summed E-state index contributed by atoms with van der Waals surface area (Å²) < 4.78 is 3.50. The van der Waals surface area contributed by atoms with Crippen LogP contribution in [-0.4, -0.2) is 25.5 Å². The Hall–Kier alpha value is -2.60. The molecule has 0 aliphatic carbocycles. The number of hydrogen-bond donors (Lipinski definition) is 1.